The lowest BCUT2D eigenvalue weighted by atomic mass is 9.76. The van der Waals surface area contributed by atoms with Gasteiger partial charge in [0, 0.05) is 5.39 Å². The molecule has 29 heavy (non-hydrogen) atoms. The number of aryl methyl sites for hydroxylation is 1. The molecule has 0 heterocycles. The van der Waals surface area contributed by atoms with E-state index in [2.05, 4.69) is 30.8 Å². The molecule has 3 heteroatoms. The Morgan fingerprint density at radius 3 is 2.07 bits per heavy atom. The molecule has 4 rings (SSSR count). The Bertz CT molecular complexity index is 1010. The van der Waals surface area contributed by atoms with Crippen molar-refractivity contribution in [2.45, 2.75) is 50.4 Å². The standard InChI is InChI=1S/C26H25F3/c1-2-3-4-17-5-7-18(8-6-17)19-9-11-20(12-10-19)21-13-14-23-22(15-21)16-24(27)26(29)25(23)28/h2,5-8,13-16,19-20H,1,3-4,9-12H2. The van der Waals surface area contributed by atoms with Gasteiger partial charge in [-0.05, 0) is 78.5 Å². The maximum atomic E-state index is 13.9. The zero-order chi connectivity index (χ0) is 20.4. The van der Waals surface area contributed by atoms with Gasteiger partial charge in [0.25, 0.3) is 0 Å². The van der Waals surface area contributed by atoms with E-state index < -0.39 is 17.5 Å². The summed E-state index contributed by atoms with van der Waals surface area (Å²) in [6.45, 7) is 3.77. The van der Waals surface area contributed by atoms with Gasteiger partial charge in [-0.15, -0.1) is 6.58 Å². The Morgan fingerprint density at radius 2 is 1.41 bits per heavy atom. The SMILES string of the molecule is C=CCCc1ccc(C2CCC(c3ccc4c(F)c(F)c(F)cc4c3)CC2)cc1. The minimum absolute atomic E-state index is 0.137. The number of benzene rings is 3. The maximum absolute atomic E-state index is 13.9. The highest BCUT2D eigenvalue weighted by atomic mass is 19.2. The molecular formula is C26H25F3. The lowest BCUT2D eigenvalue weighted by Gasteiger charge is -2.29. The van der Waals surface area contributed by atoms with Gasteiger partial charge in [-0.2, -0.15) is 0 Å². The van der Waals surface area contributed by atoms with Crippen LogP contribution in [-0.2, 0) is 6.42 Å². The average molecular weight is 394 g/mol. The van der Waals surface area contributed by atoms with Crippen molar-refractivity contribution < 1.29 is 13.2 Å². The summed E-state index contributed by atoms with van der Waals surface area (Å²) in [5.74, 6) is -2.71. The van der Waals surface area contributed by atoms with Crippen LogP contribution in [-0.4, -0.2) is 0 Å². The number of allylic oxidation sites excluding steroid dienone is 1. The third-order valence-corrected chi connectivity index (χ3v) is 6.28. The van der Waals surface area contributed by atoms with Gasteiger partial charge in [-0.25, -0.2) is 13.2 Å². The van der Waals surface area contributed by atoms with Crippen molar-refractivity contribution in [3.05, 3.63) is 95.3 Å². The molecule has 0 amide bonds. The van der Waals surface area contributed by atoms with Gasteiger partial charge in [0.15, 0.2) is 17.5 Å². The van der Waals surface area contributed by atoms with E-state index in [1.807, 2.05) is 18.2 Å². The van der Waals surface area contributed by atoms with Crippen molar-refractivity contribution in [3.63, 3.8) is 0 Å². The number of fused-ring (bicyclic) bond motifs is 1. The van der Waals surface area contributed by atoms with Crippen LogP contribution in [0.2, 0.25) is 0 Å². The third-order valence-electron chi connectivity index (χ3n) is 6.28. The number of hydrogen-bond acceptors (Lipinski definition) is 0. The second-order valence-electron chi connectivity index (χ2n) is 8.08. The second-order valence-corrected chi connectivity index (χ2v) is 8.08. The number of halogens is 3. The molecule has 1 aliphatic carbocycles. The van der Waals surface area contributed by atoms with Gasteiger partial charge in [-0.1, -0.05) is 48.5 Å². The van der Waals surface area contributed by atoms with E-state index in [1.54, 1.807) is 6.07 Å². The fourth-order valence-corrected chi connectivity index (χ4v) is 4.56. The van der Waals surface area contributed by atoms with E-state index >= 15 is 0 Å². The molecular weight excluding hydrogens is 369 g/mol. The number of rotatable bonds is 5. The van der Waals surface area contributed by atoms with Gasteiger partial charge in [0.1, 0.15) is 0 Å². The molecule has 0 aliphatic heterocycles. The molecule has 3 aromatic rings. The fourth-order valence-electron chi connectivity index (χ4n) is 4.56. The van der Waals surface area contributed by atoms with Crippen LogP contribution < -0.4 is 0 Å². The topological polar surface area (TPSA) is 0 Å². The summed E-state index contributed by atoms with van der Waals surface area (Å²) < 4.78 is 41.0. The summed E-state index contributed by atoms with van der Waals surface area (Å²) in [4.78, 5) is 0. The zero-order valence-electron chi connectivity index (χ0n) is 16.4. The Balaban J connectivity index is 1.45. The fraction of sp³-hybridized carbons (Fsp3) is 0.308. The molecule has 0 unspecified atom stereocenters. The quantitative estimate of drug-likeness (QED) is 0.306. The van der Waals surface area contributed by atoms with Gasteiger partial charge in [0.05, 0.1) is 0 Å². The van der Waals surface area contributed by atoms with Crippen molar-refractivity contribution in [3.8, 4) is 0 Å². The van der Waals surface area contributed by atoms with Crippen molar-refractivity contribution >= 4 is 10.8 Å². The molecule has 150 valence electrons. The largest absolute Gasteiger partial charge is 0.204 e. The summed E-state index contributed by atoms with van der Waals surface area (Å²) in [5, 5.41) is 0.564. The van der Waals surface area contributed by atoms with Gasteiger partial charge < -0.3 is 0 Å². The smallest absolute Gasteiger partial charge is 0.195 e. The molecule has 3 aromatic carbocycles. The van der Waals surface area contributed by atoms with Crippen molar-refractivity contribution in [2.24, 2.45) is 0 Å². The average Bonchev–Trinajstić information content (AvgIpc) is 2.76. The van der Waals surface area contributed by atoms with Crippen LogP contribution in [0.4, 0.5) is 13.2 Å². The van der Waals surface area contributed by atoms with Gasteiger partial charge >= 0.3 is 0 Å². The highest BCUT2D eigenvalue weighted by molar-refractivity contribution is 5.84. The normalized spacial score (nSPS) is 19.4. The first-order valence-corrected chi connectivity index (χ1v) is 10.3. The van der Waals surface area contributed by atoms with Crippen molar-refractivity contribution in [1.82, 2.24) is 0 Å². The Labute approximate surface area is 170 Å². The first-order chi connectivity index (χ1) is 14.1. The van der Waals surface area contributed by atoms with E-state index in [0.29, 0.717) is 17.2 Å². The molecule has 0 atom stereocenters. The predicted octanol–water partition coefficient (Wildman–Crippen LogP) is 7.82. The van der Waals surface area contributed by atoms with Gasteiger partial charge in [-0.3, -0.25) is 0 Å². The second kappa shape index (κ2) is 8.44. The molecule has 0 N–H and O–H groups in total. The van der Waals surface area contributed by atoms with E-state index in [-0.39, 0.29) is 5.39 Å². The lowest BCUT2D eigenvalue weighted by molar-refractivity contribution is 0.396. The zero-order valence-corrected chi connectivity index (χ0v) is 16.4. The predicted molar refractivity (Wildman–Crippen MR) is 113 cm³/mol. The van der Waals surface area contributed by atoms with Crippen LogP contribution in [0, 0.1) is 17.5 Å². The minimum atomic E-state index is -1.40. The minimum Gasteiger partial charge on any atom is -0.204 e. The molecule has 1 saturated carbocycles. The molecule has 0 saturated heterocycles. The van der Waals surface area contributed by atoms with Crippen LogP contribution in [0.15, 0.2) is 61.2 Å². The first-order valence-electron chi connectivity index (χ1n) is 10.3. The summed E-state index contributed by atoms with van der Waals surface area (Å²) in [7, 11) is 0. The molecule has 0 bridgehead atoms. The summed E-state index contributed by atoms with van der Waals surface area (Å²) >= 11 is 0. The first kappa shape index (κ1) is 19.8. The van der Waals surface area contributed by atoms with Crippen LogP contribution in [0.1, 0.15) is 60.6 Å². The molecule has 1 fully saturated rings. The monoisotopic (exact) mass is 394 g/mol. The summed E-state index contributed by atoms with van der Waals surface area (Å²) in [6.07, 6.45) is 8.25. The highest BCUT2D eigenvalue weighted by Gasteiger charge is 2.24. The van der Waals surface area contributed by atoms with Crippen molar-refractivity contribution in [2.75, 3.05) is 0 Å². The van der Waals surface area contributed by atoms with Crippen LogP contribution in [0.5, 0.6) is 0 Å². The van der Waals surface area contributed by atoms with Crippen LogP contribution in [0.25, 0.3) is 10.8 Å². The van der Waals surface area contributed by atoms with E-state index in [0.717, 1.165) is 50.2 Å². The Morgan fingerprint density at radius 1 is 0.793 bits per heavy atom. The third kappa shape index (κ3) is 4.10. The molecule has 0 radical (unpaired) electrons. The molecule has 0 aromatic heterocycles. The van der Waals surface area contributed by atoms with Crippen LogP contribution in [0.3, 0.4) is 0 Å². The molecule has 1 aliphatic rings. The Kier molecular flexibility index (Phi) is 5.75. The maximum Gasteiger partial charge on any atom is 0.195 e. The number of hydrogen-bond donors (Lipinski definition) is 0. The Hall–Kier alpha value is -2.55. The summed E-state index contributed by atoms with van der Waals surface area (Å²) in [6, 6.07) is 15.3. The molecule has 0 spiro atoms. The highest BCUT2D eigenvalue weighted by Crippen LogP contribution is 2.41. The lowest BCUT2D eigenvalue weighted by Crippen LogP contribution is -2.12. The molecule has 0 nitrogen and oxygen atoms in total. The van der Waals surface area contributed by atoms with E-state index in [4.69, 9.17) is 0 Å². The van der Waals surface area contributed by atoms with E-state index in [9.17, 15) is 13.2 Å². The summed E-state index contributed by atoms with van der Waals surface area (Å²) in [5.41, 5.74) is 3.82. The van der Waals surface area contributed by atoms with Crippen LogP contribution >= 0.6 is 0 Å². The van der Waals surface area contributed by atoms with Crippen molar-refractivity contribution in [1.29, 1.82) is 0 Å². The van der Waals surface area contributed by atoms with E-state index in [1.165, 1.54) is 11.1 Å². The van der Waals surface area contributed by atoms with Gasteiger partial charge in [0.2, 0.25) is 0 Å².